The third-order valence-electron chi connectivity index (χ3n) is 4.09. The molecule has 0 unspecified atom stereocenters. The first-order chi connectivity index (χ1) is 12.9. The molecule has 3 rings (SSSR count). The average Bonchev–Trinajstić information content (AvgIpc) is 3.13. The quantitative estimate of drug-likeness (QED) is 0.531. The number of hydrogen-bond donors (Lipinski definition) is 2. The first-order valence-electron chi connectivity index (χ1n) is 8.09. The van der Waals surface area contributed by atoms with Crippen LogP contribution in [0.4, 0.5) is 11.4 Å². The molecule has 0 aliphatic heterocycles. The Morgan fingerprint density at radius 3 is 1.56 bits per heavy atom. The first kappa shape index (κ1) is 19.4. The molecule has 0 aliphatic rings. The van der Waals surface area contributed by atoms with E-state index in [1.807, 2.05) is 13.8 Å². The third kappa shape index (κ3) is 4.33. The molecule has 27 heavy (non-hydrogen) atoms. The van der Waals surface area contributed by atoms with Crippen molar-refractivity contribution in [2.24, 2.45) is 0 Å². The summed E-state index contributed by atoms with van der Waals surface area (Å²) in [5, 5.41) is 6.81. The number of carbonyl (C=O) groups is 2. The van der Waals surface area contributed by atoms with Gasteiger partial charge in [0, 0.05) is 21.4 Å². The number of amides is 2. The second kappa shape index (κ2) is 8.13. The lowest BCUT2D eigenvalue weighted by molar-refractivity contribution is 0.102. The van der Waals surface area contributed by atoms with Crippen LogP contribution in [0.1, 0.15) is 30.5 Å². The van der Waals surface area contributed by atoms with Gasteiger partial charge in [0.2, 0.25) is 0 Å². The zero-order valence-electron chi connectivity index (χ0n) is 14.6. The molecule has 4 nitrogen and oxygen atoms in total. The van der Waals surface area contributed by atoms with Gasteiger partial charge in [-0.3, -0.25) is 9.59 Å². The van der Waals surface area contributed by atoms with Crippen molar-refractivity contribution in [1.82, 2.24) is 0 Å². The molecule has 1 heterocycles. The van der Waals surface area contributed by atoms with Gasteiger partial charge >= 0.3 is 0 Å². The summed E-state index contributed by atoms with van der Waals surface area (Å²) >= 11 is 13.3. The van der Waals surface area contributed by atoms with E-state index in [9.17, 15) is 9.59 Å². The van der Waals surface area contributed by atoms with Crippen LogP contribution in [0.25, 0.3) is 0 Å². The molecule has 0 radical (unpaired) electrons. The summed E-state index contributed by atoms with van der Waals surface area (Å²) in [4.78, 5) is 25.8. The van der Waals surface area contributed by atoms with Crippen LogP contribution in [0, 0.1) is 13.8 Å². The maximum atomic E-state index is 12.5. The minimum atomic E-state index is -0.289. The molecule has 138 valence electrons. The molecule has 0 saturated carbocycles. The Hall–Kier alpha value is -2.34. The van der Waals surface area contributed by atoms with Gasteiger partial charge in [0.05, 0.1) is 9.75 Å². The second-order valence-electron chi connectivity index (χ2n) is 5.90. The minimum Gasteiger partial charge on any atom is -0.321 e. The van der Waals surface area contributed by atoms with Gasteiger partial charge < -0.3 is 10.6 Å². The van der Waals surface area contributed by atoms with Crippen LogP contribution < -0.4 is 10.6 Å². The van der Waals surface area contributed by atoms with Gasteiger partial charge in [-0.25, -0.2) is 0 Å². The highest BCUT2D eigenvalue weighted by molar-refractivity contribution is 7.16. The molecule has 2 N–H and O–H groups in total. The van der Waals surface area contributed by atoms with E-state index in [1.165, 1.54) is 0 Å². The lowest BCUT2D eigenvalue weighted by Crippen LogP contribution is -2.12. The van der Waals surface area contributed by atoms with Gasteiger partial charge in [-0.1, -0.05) is 35.3 Å². The number of halogens is 2. The maximum absolute atomic E-state index is 12.5. The van der Waals surface area contributed by atoms with Crippen LogP contribution in [0.2, 0.25) is 10.0 Å². The van der Waals surface area contributed by atoms with Crippen molar-refractivity contribution in [3.63, 3.8) is 0 Å². The minimum absolute atomic E-state index is 0.289. The highest BCUT2D eigenvalue weighted by Crippen LogP contribution is 2.26. The molecule has 0 aliphatic carbocycles. The highest BCUT2D eigenvalue weighted by Gasteiger charge is 2.16. The second-order valence-corrected chi connectivity index (χ2v) is 7.80. The summed E-state index contributed by atoms with van der Waals surface area (Å²) in [6, 6.07) is 13.9. The Kier molecular flexibility index (Phi) is 5.85. The van der Waals surface area contributed by atoms with Gasteiger partial charge in [-0.05, 0) is 61.4 Å². The van der Waals surface area contributed by atoms with Crippen LogP contribution in [-0.4, -0.2) is 11.8 Å². The van der Waals surface area contributed by atoms with E-state index in [1.54, 1.807) is 48.5 Å². The molecule has 2 aromatic carbocycles. The zero-order chi connectivity index (χ0) is 19.6. The molecule has 0 saturated heterocycles. The van der Waals surface area contributed by atoms with Gasteiger partial charge in [-0.15, -0.1) is 11.3 Å². The summed E-state index contributed by atoms with van der Waals surface area (Å²) in [5.74, 6) is -0.577. The predicted molar refractivity (Wildman–Crippen MR) is 113 cm³/mol. The summed E-state index contributed by atoms with van der Waals surface area (Å²) in [6.45, 7) is 3.66. The number of nitrogens with one attached hydrogen (secondary N) is 2. The maximum Gasteiger partial charge on any atom is 0.265 e. The highest BCUT2D eigenvalue weighted by atomic mass is 35.5. The van der Waals surface area contributed by atoms with Crippen LogP contribution in [0.5, 0.6) is 0 Å². The summed E-state index contributed by atoms with van der Waals surface area (Å²) in [7, 11) is 0. The van der Waals surface area contributed by atoms with Crippen molar-refractivity contribution >= 4 is 57.7 Å². The summed E-state index contributed by atoms with van der Waals surface area (Å²) in [6.07, 6.45) is 0. The van der Waals surface area contributed by atoms with Crippen LogP contribution in [-0.2, 0) is 0 Å². The molecular weight excluding hydrogens is 403 g/mol. The topological polar surface area (TPSA) is 58.2 Å². The lowest BCUT2D eigenvalue weighted by atomic mass is 10.2. The predicted octanol–water partition coefficient (Wildman–Crippen LogP) is 6.18. The summed E-state index contributed by atoms with van der Waals surface area (Å²) < 4.78 is 0. The van der Waals surface area contributed by atoms with Crippen molar-refractivity contribution in [3.05, 3.63) is 79.5 Å². The van der Waals surface area contributed by atoms with Crippen LogP contribution in [0.3, 0.4) is 0 Å². The standard InChI is InChI=1S/C20H16Cl2N2O2S/c1-11-13(21)5-3-7-15(11)23-19(25)17-9-10-18(27-17)20(26)24-16-8-4-6-14(22)12(16)2/h3-10H,1-2H3,(H,23,25)(H,24,26). The number of carbonyl (C=O) groups excluding carboxylic acids is 2. The fourth-order valence-corrected chi connectivity index (χ4v) is 3.58. The monoisotopic (exact) mass is 418 g/mol. The van der Waals surface area contributed by atoms with Gasteiger partial charge in [0.1, 0.15) is 0 Å². The zero-order valence-corrected chi connectivity index (χ0v) is 16.9. The lowest BCUT2D eigenvalue weighted by Gasteiger charge is -2.09. The number of hydrogen-bond acceptors (Lipinski definition) is 3. The number of benzene rings is 2. The Morgan fingerprint density at radius 2 is 1.15 bits per heavy atom. The fourth-order valence-electron chi connectivity index (χ4n) is 2.44. The van der Waals surface area contributed by atoms with Crippen molar-refractivity contribution in [2.75, 3.05) is 10.6 Å². The molecule has 0 bridgehead atoms. The van der Waals surface area contributed by atoms with E-state index >= 15 is 0 Å². The van der Waals surface area contributed by atoms with Gasteiger partial charge in [-0.2, -0.15) is 0 Å². The number of anilines is 2. The van der Waals surface area contributed by atoms with Crippen molar-refractivity contribution < 1.29 is 9.59 Å². The van der Waals surface area contributed by atoms with Crippen molar-refractivity contribution in [3.8, 4) is 0 Å². The molecule has 1 aromatic heterocycles. The molecule has 0 atom stereocenters. The number of rotatable bonds is 4. The van der Waals surface area contributed by atoms with Crippen molar-refractivity contribution in [2.45, 2.75) is 13.8 Å². The van der Waals surface area contributed by atoms with E-state index in [0.29, 0.717) is 31.2 Å². The van der Waals surface area contributed by atoms with E-state index in [2.05, 4.69) is 10.6 Å². The molecule has 0 fully saturated rings. The first-order valence-corrected chi connectivity index (χ1v) is 9.67. The Balaban J connectivity index is 1.74. The van der Waals surface area contributed by atoms with Gasteiger partial charge in [0.25, 0.3) is 11.8 Å². The fraction of sp³-hybridized carbons (Fsp3) is 0.100. The molecule has 3 aromatic rings. The molecule has 2 amide bonds. The third-order valence-corrected chi connectivity index (χ3v) is 5.99. The Labute approximate surface area is 171 Å². The summed E-state index contributed by atoms with van der Waals surface area (Å²) in [5.41, 5.74) is 2.86. The van der Waals surface area contributed by atoms with Gasteiger partial charge in [0.15, 0.2) is 0 Å². The molecule has 0 spiro atoms. The van der Waals surface area contributed by atoms with E-state index < -0.39 is 0 Å². The van der Waals surface area contributed by atoms with Crippen LogP contribution in [0.15, 0.2) is 48.5 Å². The molecular formula is C20H16Cl2N2O2S. The molecule has 7 heteroatoms. The number of thiophene rings is 1. The Bertz CT molecular complexity index is 951. The van der Waals surface area contributed by atoms with Crippen LogP contribution >= 0.6 is 34.5 Å². The normalized spacial score (nSPS) is 10.5. The van der Waals surface area contributed by atoms with E-state index in [4.69, 9.17) is 23.2 Å². The average molecular weight is 419 g/mol. The van der Waals surface area contributed by atoms with E-state index in [-0.39, 0.29) is 11.8 Å². The van der Waals surface area contributed by atoms with E-state index in [0.717, 1.165) is 22.5 Å². The SMILES string of the molecule is Cc1c(Cl)cccc1NC(=O)c1ccc(C(=O)Nc2cccc(Cl)c2C)s1. The largest absolute Gasteiger partial charge is 0.321 e. The van der Waals surface area contributed by atoms with Crippen molar-refractivity contribution in [1.29, 1.82) is 0 Å². The smallest absolute Gasteiger partial charge is 0.265 e. The Morgan fingerprint density at radius 1 is 0.741 bits per heavy atom.